The minimum atomic E-state index is -0.790. The summed E-state index contributed by atoms with van der Waals surface area (Å²) >= 11 is 0. The molecule has 0 aliphatic heterocycles. The quantitative estimate of drug-likeness (QED) is 0.0262. The second-order valence-electron chi connectivity index (χ2n) is 18.8. The molecule has 0 spiro atoms. The molecule has 386 valence electrons. The van der Waals surface area contributed by atoms with Crippen LogP contribution in [0.4, 0.5) is 0 Å². The molecule has 0 aliphatic carbocycles. The Morgan fingerprint density at radius 1 is 0.313 bits per heavy atom. The van der Waals surface area contributed by atoms with Gasteiger partial charge in [0.1, 0.15) is 13.2 Å². The minimum absolute atomic E-state index is 0.0861. The first-order valence-electron chi connectivity index (χ1n) is 28.4. The highest BCUT2D eigenvalue weighted by molar-refractivity contribution is 5.71. The normalized spacial score (nSPS) is 12.6. The maximum absolute atomic E-state index is 12.8. The predicted molar refractivity (Wildman–Crippen MR) is 288 cm³/mol. The van der Waals surface area contributed by atoms with Gasteiger partial charge in [0.15, 0.2) is 6.10 Å². The van der Waals surface area contributed by atoms with E-state index in [0.29, 0.717) is 19.3 Å². The van der Waals surface area contributed by atoms with Crippen molar-refractivity contribution in [2.45, 2.75) is 284 Å². The van der Waals surface area contributed by atoms with Gasteiger partial charge in [0.05, 0.1) is 0 Å². The topological polar surface area (TPSA) is 78.9 Å². The summed E-state index contributed by atoms with van der Waals surface area (Å²) in [5.41, 5.74) is 0. The largest absolute Gasteiger partial charge is 0.462 e. The Morgan fingerprint density at radius 3 is 0.910 bits per heavy atom. The van der Waals surface area contributed by atoms with E-state index in [9.17, 15) is 14.4 Å². The number of hydrogen-bond donors (Lipinski definition) is 0. The van der Waals surface area contributed by atoms with Crippen molar-refractivity contribution < 1.29 is 28.6 Å². The average molecular weight is 936 g/mol. The van der Waals surface area contributed by atoms with Crippen LogP contribution in [0.5, 0.6) is 0 Å². The molecular weight excluding hydrogens is 829 g/mol. The molecule has 0 aromatic carbocycles. The lowest BCUT2D eigenvalue weighted by molar-refractivity contribution is -0.167. The van der Waals surface area contributed by atoms with E-state index in [1.54, 1.807) is 0 Å². The molecule has 0 fully saturated rings. The van der Waals surface area contributed by atoms with Crippen LogP contribution in [0.2, 0.25) is 0 Å². The number of hydrogen-bond acceptors (Lipinski definition) is 6. The molecule has 0 heterocycles. The van der Waals surface area contributed by atoms with Gasteiger partial charge in [0.25, 0.3) is 0 Å². The summed E-state index contributed by atoms with van der Waals surface area (Å²) in [7, 11) is 0. The number of carbonyl (C=O) groups excluding carboxylic acids is 3. The molecule has 6 heteroatoms. The third kappa shape index (κ3) is 53.7. The molecule has 1 atom stereocenters. The average Bonchev–Trinajstić information content (AvgIpc) is 3.33. The van der Waals surface area contributed by atoms with Gasteiger partial charge in [-0.25, -0.2) is 0 Å². The molecule has 0 N–H and O–H groups in total. The zero-order valence-electron chi connectivity index (χ0n) is 44.2. The van der Waals surface area contributed by atoms with Crippen LogP contribution >= 0.6 is 0 Å². The Kier molecular flexibility index (Phi) is 52.8. The highest BCUT2D eigenvalue weighted by Gasteiger charge is 2.19. The SMILES string of the molecule is CC/C=C\C/C=C\C/C=C\CCCCCCCCC(=O)OC(COC(=O)CCCCCC/C=C\C/C=C\C/C=C\CC)COC(=O)CCCCCCCCCCCCCCCCCCCCC. The van der Waals surface area contributed by atoms with Crippen molar-refractivity contribution in [2.75, 3.05) is 13.2 Å². The molecule has 0 amide bonds. The van der Waals surface area contributed by atoms with Crippen molar-refractivity contribution >= 4 is 17.9 Å². The Morgan fingerprint density at radius 2 is 0.582 bits per heavy atom. The second kappa shape index (κ2) is 55.4. The Hall–Kier alpha value is -3.15. The van der Waals surface area contributed by atoms with E-state index in [2.05, 4.69) is 93.7 Å². The summed E-state index contributed by atoms with van der Waals surface area (Å²) in [6.07, 6.45) is 70.4. The van der Waals surface area contributed by atoms with Crippen LogP contribution in [0.25, 0.3) is 0 Å². The van der Waals surface area contributed by atoms with Gasteiger partial charge in [-0.2, -0.15) is 0 Å². The van der Waals surface area contributed by atoms with Crippen LogP contribution in [0.3, 0.4) is 0 Å². The zero-order chi connectivity index (χ0) is 48.6. The van der Waals surface area contributed by atoms with E-state index in [0.717, 1.165) is 122 Å². The fourth-order valence-electron chi connectivity index (χ4n) is 8.00. The van der Waals surface area contributed by atoms with Gasteiger partial charge in [-0.1, -0.05) is 248 Å². The summed E-state index contributed by atoms with van der Waals surface area (Å²) in [6.45, 7) is 6.41. The van der Waals surface area contributed by atoms with E-state index >= 15 is 0 Å². The lowest BCUT2D eigenvalue weighted by Crippen LogP contribution is -2.30. The predicted octanol–water partition coefficient (Wildman–Crippen LogP) is 19.0. The first-order chi connectivity index (χ1) is 33.0. The van der Waals surface area contributed by atoms with E-state index in [4.69, 9.17) is 14.2 Å². The summed E-state index contributed by atoms with van der Waals surface area (Å²) in [5.74, 6) is -0.913. The monoisotopic (exact) mass is 935 g/mol. The first kappa shape index (κ1) is 63.8. The van der Waals surface area contributed by atoms with Crippen LogP contribution in [-0.4, -0.2) is 37.2 Å². The molecule has 0 aromatic heterocycles. The molecule has 0 saturated carbocycles. The molecule has 0 aromatic rings. The van der Waals surface area contributed by atoms with E-state index in [-0.39, 0.29) is 31.1 Å². The molecule has 6 nitrogen and oxygen atoms in total. The zero-order valence-corrected chi connectivity index (χ0v) is 44.2. The van der Waals surface area contributed by atoms with Gasteiger partial charge in [-0.3, -0.25) is 14.4 Å². The third-order valence-corrected chi connectivity index (χ3v) is 12.2. The van der Waals surface area contributed by atoms with Crippen molar-refractivity contribution in [3.63, 3.8) is 0 Å². The Balaban J connectivity index is 4.38. The summed E-state index contributed by atoms with van der Waals surface area (Å²) in [6, 6.07) is 0. The van der Waals surface area contributed by atoms with Crippen molar-refractivity contribution in [1.29, 1.82) is 0 Å². The summed E-state index contributed by atoms with van der Waals surface area (Å²) in [4.78, 5) is 38.1. The summed E-state index contributed by atoms with van der Waals surface area (Å²) in [5, 5.41) is 0. The molecule has 0 aliphatic rings. The second-order valence-corrected chi connectivity index (χ2v) is 18.8. The number of rotatable bonds is 51. The Labute approximate surface area is 414 Å². The minimum Gasteiger partial charge on any atom is -0.462 e. The third-order valence-electron chi connectivity index (χ3n) is 12.2. The number of esters is 3. The van der Waals surface area contributed by atoms with Crippen LogP contribution in [0.15, 0.2) is 72.9 Å². The standard InChI is InChI=1S/C61H106O6/c1-4-7-10-13-16-19-22-25-28-30-31-32-34-36-39-42-45-48-51-54-60(63)66-57-58(56-65-59(62)53-50-47-44-41-38-35-27-24-21-18-15-12-9-6-3)67-61(64)55-52-49-46-43-40-37-33-29-26-23-20-17-14-11-8-5-2/h8-9,11-12,17-18,20-21,26-27,29,35,58H,4-7,10,13-16,19,22-25,28,30-34,36-57H2,1-3H3/b11-8-,12-9-,20-17-,21-18-,29-26-,35-27-. The number of ether oxygens (including phenoxy) is 3. The molecular formula is C61H106O6. The number of allylic oxidation sites excluding steroid dienone is 12. The fourth-order valence-corrected chi connectivity index (χ4v) is 8.00. The molecule has 1 unspecified atom stereocenters. The van der Waals surface area contributed by atoms with Crippen LogP contribution in [-0.2, 0) is 28.6 Å². The van der Waals surface area contributed by atoms with Gasteiger partial charge in [0, 0.05) is 19.3 Å². The van der Waals surface area contributed by atoms with E-state index < -0.39 is 6.10 Å². The highest BCUT2D eigenvalue weighted by atomic mass is 16.6. The maximum atomic E-state index is 12.8. The smallest absolute Gasteiger partial charge is 0.306 e. The van der Waals surface area contributed by atoms with Crippen molar-refractivity contribution in [2.24, 2.45) is 0 Å². The van der Waals surface area contributed by atoms with Crippen molar-refractivity contribution in [3.05, 3.63) is 72.9 Å². The van der Waals surface area contributed by atoms with Crippen LogP contribution in [0, 0.1) is 0 Å². The van der Waals surface area contributed by atoms with Crippen LogP contribution < -0.4 is 0 Å². The molecule has 0 saturated heterocycles. The number of carbonyl (C=O) groups is 3. The van der Waals surface area contributed by atoms with Gasteiger partial charge in [0.2, 0.25) is 0 Å². The Bertz CT molecular complexity index is 1260. The van der Waals surface area contributed by atoms with E-state index in [1.165, 1.54) is 116 Å². The van der Waals surface area contributed by atoms with Gasteiger partial charge in [-0.15, -0.1) is 0 Å². The van der Waals surface area contributed by atoms with Crippen LogP contribution in [0.1, 0.15) is 278 Å². The fraction of sp³-hybridized carbons (Fsp3) is 0.754. The molecule has 67 heavy (non-hydrogen) atoms. The van der Waals surface area contributed by atoms with Gasteiger partial charge >= 0.3 is 17.9 Å². The van der Waals surface area contributed by atoms with Gasteiger partial charge < -0.3 is 14.2 Å². The molecule has 0 bridgehead atoms. The highest BCUT2D eigenvalue weighted by Crippen LogP contribution is 2.16. The van der Waals surface area contributed by atoms with Crippen molar-refractivity contribution in [1.82, 2.24) is 0 Å². The number of unbranched alkanes of at least 4 members (excludes halogenated alkanes) is 28. The molecule has 0 radical (unpaired) electrons. The van der Waals surface area contributed by atoms with E-state index in [1.807, 2.05) is 0 Å². The first-order valence-corrected chi connectivity index (χ1v) is 28.4. The van der Waals surface area contributed by atoms with Crippen molar-refractivity contribution in [3.8, 4) is 0 Å². The maximum Gasteiger partial charge on any atom is 0.306 e. The molecule has 0 rings (SSSR count). The summed E-state index contributed by atoms with van der Waals surface area (Å²) < 4.78 is 16.8. The lowest BCUT2D eigenvalue weighted by atomic mass is 10.0. The van der Waals surface area contributed by atoms with Gasteiger partial charge in [-0.05, 0) is 83.5 Å². The lowest BCUT2D eigenvalue weighted by Gasteiger charge is -2.18.